The van der Waals surface area contributed by atoms with Crippen molar-refractivity contribution >= 4 is 17.8 Å². The molecule has 1 aromatic carbocycles. The quantitative estimate of drug-likeness (QED) is 0.629. The zero-order valence-corrected chi connectivity index (χ0v) is 19.7. The van der Waals surface area contributed by atoms with Crippen LogP contribution in [0.15, 0.2) is 24.3 Å². The van der Waals surface area contributed by atoms with Gasteiger partial charge in [0.15, 0.2) is 5.69 Å². The number of aryl methyl sites for hydroxylation is 1. The molecule has 176 valence electrons. The largest absolute Gasteiger partial charge is 0.466 e. The van der Waals surface area contributed by atoms with Crippen molar-refractivity contribution in [1.29, 1.82) is 0 Å². The highest BCUT2D eigenvalue weighted by molar-refractivity contribution is 5.96. The average Bonchev–Trinajstić information content (AvgIpc) is 3.42. The van der Waals surface area contributed by atoms with Crippen molar-refractivity contribution < 1.29 is 19.1 Å². The van der Waals surface area contributed by atoms with Gasteiger partial charge < -0.3 is 14.5 Å². The molecule has 1 aliphatic carbocycles. The zero-order valence-electron chi connectivity index (χ0n) is 19.7. The molecule has 8 heteroatoms. The molecule has 1 saturated heterocycles. The van der Waals surface area contributed by atoms with Crippen molar-refractivity contribution in [3.63, 3.8) is 0 Å². The number of piperidine rings is 1. The van der Waals surface area contributed by atoms with Crippen LogP contribution in [-0.4, -0.2) is 70.7 Å². The van der Waals surface area contributed by atoms with Gasteiger partial charge in [-0.05, 0) is 57.6 Å². The summed E-state index contributed by atoms with van der Waals surface area (Å²) in [6, 6.07) is 8.01. The van der Waals surface area contributed by atoms with Gasteiger partial charge >= 0.3 is 5.97 Å². The number of ether oxygens (including phenoxy) is 1. The molecule has 33 heavy (non-hydrogen) atoms. The van der Waals surface area contributed by atoms with E-state index in [1.807, 2.05) is 35.9 Å². The number of esters is 1. The number of hydrogen-bond acceptors (Lipinski definition) is 5. The SMILES string of the molecule is CCOC(=O)C1CCCN(C(=O)CN(C)C(=O)c2nn(-c3ccccc3C)c3c2CCC3)C1. The predicted octanol–water partition coefficient (Wildman–Crippen LogP) is 2.54. The Morgan fingerprint density at radius 1 is 1.18 bits per heavy atom. The second kappa shape index (κ2) is 9.77. The minimum Gasteiger partial charge on any atom is -0.466 e. The smallest absolute Gasteiger partial charge is 0.310 e. The lowest BCUT2D eigenvalue weighted by molar-refractivity contribution is -0.151. The first-order valence-corrected chi connectivity index (χ1v) is 11.8. The van der Waals surface area contributed by atoms with Gasteiger partial charge in [0.05, 0.1) is 24.8 Å². The monoisotopic (exact) mass is 452 g/mol. The topological polar surface area (TPSA) is 84.7 Å². The second-order valence-corrected chi connectivity index (χ2v) is 8.92. The molecule has 2 heterocycles. The van der Waals surface area contributed by atoms with Crippen LogP contribution in [0.1, 0.15) is 53.5 Å². The first kappa shape index (κ1) is 23.0. The number of rotatable bonds is 6. The molecular weight excluding hydrogens is 420 g/mol. The zero-order chi connectivity index (χ0) is 23.5. The lowest BCUT2D eigenvalue weighted by Crippen LogP contribution is -2.47. The molecule has 8 nitrogen and oxygen atoms in total. The minimum atomic E-state index is -0.295. The molecule has 2 aliphatic rings. The molecule has 1 aliphatic heterocycles. The molecule has 1 fully saturated rings. The van der Waals surface area contributed by atoms with E-state index in [0.717, 1.165) is 54.6 Å². The van der Waals surface area contributed by atoms with E-state index in [-0.39, 0.29) is 30.2 Å². The predicted molar refractivity (Wildman–Crippen MR) is 123 cm³/mol. The number of fused-ring (bicyclic) bond motifs is 1. The number of carbonyl (C=O) groups is 3. The molecule has 0 spiro atoms. The van der Waals surface area contributed by atoms with Crippen LogP contribution in [0.5, 0.6) is 0 Å². The van der Waals surface area contributed by atoms with Gasteiger partial charge in [0, 0.05) is 31.4 Å². The highest BCUT2D eigenvalue weighted by atomic mass is 16.5. The van der Waals surface area contributed by atoms with Crippen molar-refractivity contribution in [2.45, 2.75) is 46.0 Å². The Hall–Kier alpha value is -3.16. The molecule has 0 saturated carbocycles. The van der Waals surface area contributed by atoms with E-state index in [0.29, 0.717) is 25.4 Å². The summed E-state index contributed by atoms with van der Waals surface area (Å²) in [4.78, 5) is 41.5. The summed E-state index contributed by atoms with van der Waals surface area (Å²) >= 11 is 0. The third-order valence-electron chi connectivity index (χ3n) is 6.59. The van der Waals surface area contributed by atoms with Gasteiger partial charge in [-0.1, -0.05) is 18.2 Å². The Labute approximate surface area is 194 Å². The maximum Gasteiger partial charge on any atom is 0.310 e. The summed E-state index contributed by atoms with van der Waals surface area (Å²) in [6.07, 6.45) is 4.17. The fourth-order valence-corrected chi connectivity index (χ4v) is 4.82. The molecule has 1 unspecified atom stereocenters. The van der Waals surface area contributed by atoms with E-state index in [9.17, 15) is 14.4 Å². The third kappa shape index (κ3) is 4.65. The summed E-state index contributed by atoms with van der Waals surface area (Å²) in [6.45, 7) is 5.04. The van der Waals surface area contributed by atoms with Crippen molar-refractivity contribution in [2.24, 2.45) is 5.92 Å². The Morgan fingerprint density at radius 3 is 2.73 bits per heavy atom. The summed E-state index contributed by atoms with van der Waals surface area (Å²) in [7, 11) is 1.64. The number of likely N-dealkylation sites (N-methyl/N-ethyl adjacent to an activating group) is 1. The minimum absolute atomic E-state index is 0.0413. The van der Waals surface area contributed by atoms with Crippen LogP contribution in [0.4, 0.5) is 0 Å². The number of carbonyl (C=O) groups excluding carboxylic acids is 3. The maximum absolute atomic E-state index is 13.3. The molecule has 1 atom stereocenters. The van der Waals surface area contributed by atoms with E-state index < -0.39 is 0 Å². The van der Waals surface area contributed by atoms with E-state index in [4.69, 9.17) is 9.84 Å². The molecule has 0 radical (unpaired) electrons. The molecule has 1 aromatic heterocycles. The number of amides is 2. The van der Waals surface area contributed by atoms with Gasteiger partial charge in [-0.25, -0.2) is 4.68 Å². The second-order valence-electron chi connectivity index (χ2n) is 8.92. The molecule has 0 N–H and O–H groups in total. The molecule has 4 rings (SSSR count). The van der Waals surface area contributed by atoms with E-state index in [1.54, 1.807) is 18.9 Å². The maximum atomic E-state index is 13.3. The Balaban J connectivity index is 1.48. The van der Waals surface area contributed by atoms with Gasteiger partial charge in [-0.2, -0.15) is 5.10 Å². The Bertz CT molecular complexity index is 1060. The van der Waals surface area contributed by atoms with E-state index >= 15 is 0 Å². The van der Waals surface area contributed by atoms with Crippen LogP contribution >= 0.6 is 0 Å². The highest BCUT2D eigenvalue weighted by Gasteiger charge is 2.32. The van der Waals surface area contributed by atoms with E-state index in [1.165, 1.54) is 4.90 Å². The highest BCUT2D eigenvalue weighted by Crippen LogP contribution is 2.29. The van der Waals surface area contributed by atoms with Crippen LogP contribution in [0.2, 0.25) is 0 Å². The van der Waals surface area contributed by atoms with E-state index in [2.05, 4.69) is 0 Å². The number of benzene rings is 1. The van der Waals surface area contributed by atoms with Crippen LogP contribution in [0.3, 0.4) is 0 Å². The fourth-order valence-electron chi connectivity index (χ4n) is 4.82. The van der Waals surface area contributed by atoms with Crippen LogP contribution in [0.25, 0.3) is 5.69 Å². The molecular formula is C25H32N4O4. The average molecular weight is 453 g/mol. The van der Waals surface area contributed by atoms with Gasteiger partial charge in [-0.3, -0.25) is 14.4 Å². The van der Waals surface area contributed by atoms with Crippen molar-refractivity contribution in [1.82, 2.24) is 19.6 Å². The first-order chi connectivity index (χ1) is 15.9. The Kier molecular flexibility index (Phi) is 6.81. The van der Waals surface area contributed by atoms with Crippen LogP contribution < -0.4 is 0 Å². The summed E-state index contributed by atoms with van der Waals surface area (Å²) in [5.74, 6) is -0.948. The summed E-state index contributed by atoms with van der Waals surface area (Å²) in [5, 5.41) is 4.70. The van der Waals surface area contributed by atoms with Gasteiger partial charge in [0.25, 0.3) is 5.91 Å². The summed E-state index contributed by atoms with van der Waals surface area (Å²) < 4.78 is 7.02. The standard InChI is InChI=1S/C25H32N4O4/c1-4-33-25(32)18-10-8-14-28(15-18)22(30)16-27(3)24(31)23-19-11-7-13-21(19)29(26-23)20-12-6-5-9-17(20)2/h5-6,9,12,18H,4,7-8,10-11,13-16H2,1-3H3. The number of hydrogen-bond donors (Lipinski definition) is 0. The molecule has 0 bridgehead atoms. The van der Waals surface area contributed by atoms with Crippen molar-refractivity contribution in [3.05, 3.63) is 46.8 Å². The first-order valence-electron chi connectivity index (χ1n) is 11.8. The van der Waals surface area contributed by atoms with Gasteiger partial charge in [0.1, 0.15) is 0 Å². The number of nitrogens with zero attached hydrogens (tertiary/aromatic N) is 4. The lowest BCUT2D eigenvalue weighted by atomic mass is 9.98. The number of para-hydroxylation sites is 1. The number of aromatic nitrogens is 2. The third-order valence-corrected chi connectivity index (χ3v) is 6.59. The normalized spacial score (nSPS) is 17.5. The summed E-state index contributed by atoms with van der Waals surface area (Å²) in [5.41, 5.74) is 4.58. The van der Waals surface area contributed by atoms with Gasteiger partial charge in [0.2, 0.25) is 5.91 Å². The Morgan fingerprint density at radius 2 is 1.97 bits per heavy atom. The van der Waals surface area contributed by atoms with Crippen LogP contribution in [-0.2, 0) is 27.2 Å². The molecule has 2 amide bonds. The fraction of sp³-hybridized carbons (Fsp3) is 0.520. The molecule has 2 aromatic rings. The van der Waals surface area contributed by atoms with Crippen LogP contribution in [0, 0.1) is 12.8 Å². The number of likely N-dealkylation sites (tertiary alicyclic amines) is 1. The van der Waals surface area contributed by atoms with Crippen molar-refractivity contribution in [3.8, 4) is 5.69 Å². The van der Waals surface area contributed by atoms with Gasteiger partial charge in [-0.15, -0.1) is 0 Å². The lowest BCUT2D eigenvalue weighted by Gasteiger charge is -2.32. The van der Waals surface area contributed by atoms with Crippen molar-refractivity contribution in [2.75, 3.05) is 33.3 Å².